The van der Waals surface area contributed by atoms with Crippen molar-refractivity contribution in [3.63, 3.8) is 0 Å². The Morgan fingerprint density at radius 1 is 1.18 bits per heavy atom. The number of nitrogens with zero attached hydrogens (tertiary/aromatic N) is 4. The highest BCUT2D eigenvalue weighted by Gasteiger charge is 2.38. The normalized spacial score (nSPS) is 13.8. The fraction of sp³-hybridized carbons (Fsp3) is 0.393. The third kappa shape index (κ3) is 7.64. The van der Waals surface area contributed by atoms with Crippen LogP contribution in [0.2, 0.25) is 0 Å². The number of aromatic nitrogens is 2. The van der Waals surface area contributed by atoms with Crippen LogP contribution >= 0.6 is 11.5 Å². The predicted octanol–water partition coefficient (Wildman–Crippen LogP) is 5.65. The predicted molar refractivity (Wildman–Crippen MR) is 144 cm³/mol. The van der Waals surface area contributed by atoms with Crippen LogP contribution in [0.3, 0.4) is 0 Å². The van der Waals surface area contributed by atoms with Crippen LogP contribution in [0, 0.1) is 23.2 Å². The molecule has 2 aromatic carbocycles. The number of aliphatic carboxylic acids is 2. The molecule has 4 rings (SSSR count). The van der Waals surface area contributed by atoms with Crippen molar-refractivity contribution in [2.24, 2.45) is 11.8 Å². The largest absolute Gasteiger partial charge is 0.490 e. The van der Waals surface area contributed by atoms with Crippen LogP contribution in [0.25, 0.3) is 22.0 Å². The van der Waals surface area contributed by atoms with Crippen LogP contribution in [0.1, 0.15) is 43.0 Å². The maximum atomic E-state index is 11.1. The number of alkyl halides is 3. The summed E-state index contributed by atoms with van der Waals surface area (Å²) in [7, 11) is 0. The number of carboxylic acids is 2. The second-order valence-corrected chi connectivity index (χ2v) is 10.6. The lowest BCUT2D eigenvalue weighted by Gasteiger charge is -2.37. The number of rotatable bonds is 8. The molecule has 1 aliphatic heterocycles. The minimum Gasteiger partial charge on any atom is -0.481 e. The van der Waals surface area contributed by atoms with Gasteiger partial charge in [0.25, 0.3) is 0 Å². The van der Waals surface area contributed by atoms with Gasteiger partial charge in [-0.25, -0.2) is 9.78 Å². The molecule has 0 spiro atoms. The van der Waals surface area contributed by atoms with Crippen molar-refractivity contribution < 1.29 is 33.0 Å². The molecule has 2 N–H and O–H groups in total. The first-order chi connectivity index (χ1) is 18.8. The van der Waals surface area contributed by atoms with E-state index in [-0.39, 0.29) is 5.92 Å². The number of nitriles is 1. The Labute approximate surface area is 233 Å². The molecule has 8 nitrogen and oxygen atoms in total. The Morgan fingerprint density at radius 2 is 1.85 bits per heavy atom. The van der Waals surface area contributed by atoms with Gasteiger partial charge in [-0.15, -0.1) is 0 Å². The zero-order valence-electron chi connectivity index (χ0n) is 22.2. The van der Waals surface area contributed by atoms with Crippen LogP contribution in [-0.2, 0) is 29.0 Å². The highest BCUT2D eigenvalue weighted by atomic mass is 32.1. The van der Waals surface area contributed by atoms with Crippen molar-refractivity contribution in [1.29, 1.82) is 5.26 Å². The van der Waals surface area contributed by atoms with E-state index in [4.69, 9.17) is 20.0 Å². The lowest BCUT2D eigenvalue weighted by atomic mass is 9.95. The minimum atomic E-state index is -5.08. The summed E-state index contributed by atoms with van der Waals surface area (Å²) in [6.45, 7) is 8.35. The third-order valence-corrected chi connectivity index (χ3v) is 7.11. The van der Waals surface area contributed by atoms with Gasteiger partial charge in [-0.1, -0.05) is 51.1 Å². The highest BCUT2D eigenvalue weighted by Crippen LogP contribution is 2.32. The summed E-state index contributed by atoms with van der Waals surface area (Å²) in [6.07, 6.45) is -3.36. The van der Waals surface area contributed by atoms with Gasteiger partial charge in [0.15, 0.2) is 5.82 Å². The number of benzene rings is 2. The van der Waals surface area contributed by atoms with E-state index in [1.165, 1.54) is 22.7 Å². The van der Waals surface area contributed by atoms with Crippen molar-refractivity contribution in [3.05, 3.63) is 58.7 Å². The van der Waals surface area contributed by atoms with Crippen LogP contribution in [0.5, 0.6) is 0 Å². The van der Waals surface area contributed by atoms with Gasteiger partial charge in [0, 0.05) is 30.8 Å². The number of carbonyl (C=O) groups is 2. The zero-order valence-corrected chi connectivity index (χ0v) is 23.0. The maximum absolute atomic E-state index is 11.1. The summed E-state index contributed by atoms with van der Waals surface area (Å²) in [5.41, 5.74) is 6.09. The first-order valence-electron chi connectivity index (χ1n) is 12.6. The molecule has 0 bridgehead atoms. The topological polar surface area (TPSA) is 127 Å². The SMILES string of the molecule is CCc1c(CN2CC(C(=O)O)C2)cccc1-c1nsc(-c2ccc(CC(C)C)c(C#N)c2)n1.O=C(O)C(F)(F)F. The molecule has 1 saturated heterocycles. The van der Waals surface area contributed by atoms with E-state index in [0.29, 0.717) is 30.4 Å². The van der Waals surface area contributed by atoms with E-state index >= 15 is 0 Å². The first kappa shape index (κ1) is 30.7. The van der Waals surface area contributed by atoms with E-state index in [2.05, 4.69) is 48.2 Å². The summed E-state index contributed by atoms with van der Waals surface area (Å²) in [4.78, 5) is 27.0. The van der Waals surface area contributed by atoms with Crippen LogP contribution in [-0.4, -0.2) is 55.7 Å². The first-order valence-corrected chi connectivity index (χ1v) is 13.3. The molecule has 0 radical (unpaired) electrons. The van der Waals surface area contributed by atoms with E-state index in [1.54, 1.807) is 0 Å². The van der Waals surface area contributed by atoms with E-state index in [1.807, 2.05) is 24.3 Å². The van der Waals surface area contributed by atoms with Gasteiger partial charge in [0.2, 0.25) is 0 Å². The van der Waals surface area contributed by atoms with Crippen molar-refractivity contribution in [2.75, 3.05) is 13.1 Å². The van der Waals surface area contributed by atoms with Gasteiger partial charge in [-0.05, 0) is 53.0 Å². The average molecular weight is 575 g/mol. The lowest BCUT2D eigenvalue weighted by Crippen LogP contribution is -2.49. The molecule has 0 amide bonds. The summed E-state index contributed by atoms with van der Waals surface area (Å²) in [6, 6.07) is 14.5. The van der Waals surface area contributed by atoms with Crippen molar-refractivity contribution in [2.45, 2.75) is 46.3 Å². The van der Waals surface area contributed by atoms with Gasteiger partial charge >= 0.3 is 18.1 Å². The molecule has 1 aromatic heterocycles. The number of halogens is 3. The molecule has 0 unspecified atom stereocenters. The summed E-state index contributed by atoms with van der Waals surface area (Å²) in [5, 5.41) is 26.7. The van der Waals surface area contributed by atoms with Gasteiger partial charge in [0.1, 0.15) is 5.01 Å². The number of likely N-dealkylation sites (tertiary alicyclic amines) is 1. The molecular weight excluding hydrogens is 545 g/mol. The Balaban J connectivity index is 0.000000559. The molecular formula is C28H29F3N4O4S. The maximum Gasteiger partial charge on any atom is 0.490 e. The van der Waals surface area contributed by atoms with E-state index < -0.39 is 18.1 Å². The molecule has 2 heterocycles. The second-order valence-electron chi connectivity index (χ2n) is 9.83. The molecule has 212 valence electrons. The second kappa shape index (κ2) is 13.0. The smallest absolute Gasteiger partial charge is 0.481 e. The van der Waals surface area contributed by atoms with Gasteiger partial charge in [0.05, 0.1) is 17.6 Å². The molecule has 0 atom stereocenters. The zero-order chi connectivity index (χ0) is 29.6. The Bertz CT molecular complexity index is 1410. The standard InChI is InChI=1S/C26H28N4O2S.C2HF3O2/c1-4-22-19(13-30-14-21(15-30)26(31)32)6-5-7-23(22)24-28-25(33-29-24)18-9-8-17(10-16(2)3)20(11-18)12-27;3-2(4,5)1(6)7/h5-9,11,16,21H,4,10,13-15H2,1-3H3,(H,31,32);(H,6,7). The number of carboxylic acid groups (broad SMARTS) is 2. The monoisotopic (exact) mass is 574 g/mol. The summed E-state index contributed by atoms with van der Waals surface area (Å²) < 4.78 is 36.4. The van der Waals surface area contributed by atoms with Gasteiger partial charge in [-0.3, -0.25) is 9.69 Å². The Hall–Kier alpha value is -3.82. The summed E-state index contributed by atoms with van der Waals surface area (Å²) in [5.74, 6) is -2.54. The summed E-state index contributed by atoms with van der Waals surface area (Å²) >= 11 is 1.35. The molecule has 0 saturated carbocycles. The van der Waals surface area contributed by atoms with Crippen molar-refractivity contribution in [1.82, 2.24) is 14.3 Å². The van der Waals surface area contributed by atoms with E-state index in [9.17, 15) is 23.2 Å². The van der Waals surface area contributed by atoms with Crippen LogP contribution < -0.4 is 0 Å². The molecule has 3 aromatic rings. The lowest BCUT2D eigenvalue weighted by molar-refractivity contribution is -0.192. The fourth-order valence-corrected chi connectivity index (χ4v) is 5.06. The minimum absolute atomic E-state index is 0.258. The van der Waals surface area contributed by atoms with E-state index in [0.717, 1.165) is 41.1 Å². The van der Waals surface area contributed by atoms with Gasteiger partial charge in [-0.2, -0.15) is 22.8 Å². The Kier molecular flexibility index (Phi) is 10.0. The highest BCUT2D eigenvalue weighted by molar-refractivity contribution is 7.09. The van der Waals surface area contributed by atoms with Gasteiger partial charge < -0.3 is 10.2 Å². The van der Waals surface area contributed by atoms with Crippen molar-refractivity contribution >= 4 is 23.5 Å². The molecule has 0 aliphatic carbocycles. The van der Waals surface area contributed by atoms with Crippen LogP contribution in [0.15, 0.2) is 36.4 Å². The fourth-order valence-electron chi connectivity index (χ4n) is 4.39. The molecule has 12 heteroatoms. The molecule has 1 aliphatic rings. The Morgan fingerprint density at radius 3 is 2.40 bits per heavy atom. The van der Waals surface area contributed by atoms with Crippen molar-refractivity contribution in [3.8, 4) is 28.0 Å². The number of hydrogen-bond acceptors (Lipinski definition) is 7. The quantitative estimate of drug-likeness (QED) is 0.353. The molecule has 1 fully saturated rings. The average Bonchev–Trinajstić information content (AvgIpc) is 3.35. The number of hydrogen-bond donors (Lipinski definition) is 2. The molecule has 40 heavy (non-hydrogen) atoms. The third-order valence-electron chi connectivity index (χ3n) is 6.34. The van der Waals surface area contributed by atoms with Crippen LogP contribution in [0.4, 0.5) is 13.2 Å².